The lowest BCUT2D eigenvalue weighted by Gasteiger charge is -2.24. The van der Waals surface area contributed by atoms with E-state index >= 15 is 0 Å². The smallest absolute Gasteiger partial charge is 0.457 e. The van der Waals surface area contributed by atoms with Crippen molar-refractivity contribution in [1.82, 2.24) is 0 Å². The van der Waals surface area contributed by atoms with E-state index in [9.17, 15) is 14.3 Å². The molecule has 0 rings (SSSR count). The zero-order valence-corrected chi connectivity index (χ0v) is 34.9. The van der Waals surface area contributed by atoms with E-state index in [1.165, 1.54) is 44.9 Å². The molecule has 2 unspecified atom stereocenters. The highest BCUT2D eigenvalue weighted by atomic mass is 31.2. The normalized spacial score (nSPS) is 14.5. The minimum absolute atomic E-state index is 0.0825. The first-order valence-electron chi connectivity index (χ1n) is 20.5. The summed E-state index contributed by atoms with van der Waals surface area (Å²) in [4.78, 5) is 22.8. The molecule has 9 heteroatoms. The summed E-state index contributed by atoms with van der Waals surface area (Å²) in [6, 6.07) is 0. The Hall–Kier alpha value is -1.80. The zero-order valence-electron chi connectivity index (χ0n) is 34.0. The minimum atomic E-state index is -4.27. The first kappa shape index (κ1) is 50.2. The van der Waals surface area contributed by atoms with Crippen molar-refractivity contribution in [1.29, 1.82) is 0 Å². The maximum Gasteiger partial charge on any atom is 0.472 e. The van der Waals surface area contributed by atoms with E-state index in [2.05, 4.69) is 74.6 Å². The Morgan fingerprint density at radius 1 is 0.615 bits per heavy atom. The number of carbonyl (C=O) groups is 1. The molecule has 0 bridgehead atoms. The van der Waals surface area contributed by atoms with Gasteiger partial charge in [-0.25, -0.2) is 4.57 Å². The third-order valence-corrected chi connectivity index (χ3v) is 9.33. The maximum absolute atomic E-state index is 12.6. The molecule has 0 saturated heterocycles. The molecular formula is C43H79NO7P+. The number of quaternary nitrogens is 1. The fraction of sp³-hybridized carbons (Fsp3) is 0.744. The Bertz CT molecular complexity index is 1020. The van der Waals surface area contributed by atoms with Crippen LogP contribution >= 0.6 is 7.82 Å². The fourth-order valence-electron chi connectivity index (χ4n) is 5.17. The molecule has 0 heterocycles. The molecule has 302 valence electrons. The topological polar surface area (TPSA) is 91.3 Å². The van der Waals surface area contributed by atoms with Crippen LogP contribution in [0.3, 0.4) is 0 Å². The molecule has 0 amide bonds. The minimum Gasteiger partial charge on any atom is -0.457 e. The Morgan fingerprint density at radius 3 is 1.67 bits per heavy atom. The predicted octanol–water partition coefficient (Wildman–Crippen LogP) is 11.8. The van der Waals surface area contributed by atoms with Crippen molar-refractivity contribution >= 4 is 13.8 Å². The summed E-state index contributed by atoms with van der Waals surface area (Å²) >= 11 is 0. The highest BCUT2D eigenvalue weighted by Crippen LogP contribution is 2.43. The van der Waals surface area contributed by atoms with E-state index in [0.717, 1.165) is 83.5 Å². The number of likely N-dealkylation sites (N-methyl/N-ethyl adjacent to an activating group) is 1. The number of phosphoric acid groups is 1. The molecule has 0 saturated carbocycles. The number of rotatable bonds is 37. The van der Waals surface area contributed by atoms with Crippen molar-refractivity contribution in [3.05, 3.63) is 60.8 Å². The molecule has 0 aromatic heterocycles. The highest BCUT2D eigenvalue weighted by molar-refractivity contribution is 7.47. The third-order valence-electron chi connectivity index (χ3n) is 8.34. The van der Waals surface area contributed by atoms with Crippen LogP contribution in [0.25, 0.3) is 0 Å². The van der Waals surface area contributed by atoms with Gasteiger partial charge < -0.3 is 18.9 Å². The Kier molecular flexibility index (Phi) is 34.9. The Morgan fingerprint density at radius 2 is 1.12 bits per heavy atom. The van der Waals surface area contributed by atoms with Gasteiger partial charge >= 0.3 is 13.8 Å². The summed E-state index contributed by atoms with van der Waals surface area (Å²) in [5.41, 5.74) is 0. The van der Waals surface area contributed by atoms with Crippen LogP contribution in [-0.4, -0.2) is 75.6 Å². The summed E-state index contributed by atoms with van der Waals surface area (Å²) in [5, 5.41) is 0. The number of allylic oxidation sites excluding steroid dienone is 10. The molecule has 0 aliphatic heterocycles. The summed E-state index contributed by atoms with van der Waals surface area (Å²) in [6.45, 7) is 5.45. The molecule has 0 aliphatic carbocycles. The molecule has 0 fully saturated rings. The van der Waals surface area contributed by atoms with Gasteiger partial charge in [-0.1, -0.05) is 145 Å². The van der Waals surface area contributed by atoms with Gasteiger partial charge in [-0.05, 0) is 57.8 Å². The number of nitrogens with zero attached hydrogens (tertiary/aromatic N) is 1. The number of ether oxygens (including phenoxy) is 2. The van der Waals surface area contributed by atoms with Crippen molar-refractivity contribution in [2.75, 3.05) is 54.1 Å². The van der Waals surface area contributed by atoms with Crippen LogP contribution in [0.1, 0.15) is 149 Å². The summed E-state index contributed by atoms with van der Waals surface area (Å²) in [7, 11) is 1.64. The molecule has 1 N–H and O–H groups in total. The molecular weight excluding hydrogens is 673 g/mol. The standard InChI is InChI=1S/C43H78NO7P/c1-6-8-10-12-14-16-17-18-19-20-21-22-23-24-25-26-27-28-30-32-34-36-43(45)51-42(41-50-52(46,47)49-39-37-44(3,4)5)40-48-38-35-33-31-29-15-13-11-9-7-2/h8,10,14,16,18-19,21-22,24-25,42H,6-7,9,11-13,15,17,20,23,26-41H2,1-5H3/p+1/b10-8-,16-14-,19-18-,22-21-,25-24-. The Balaban J connectivity index is 4.26. The average Bonchev–Trinajstić information content (AvgIpc) is 3.09. The average molecular weight is 753 g/mol. The first-order valence-corrected chi connectivity index (χ1v) is 22.0. The van der Waals surface area contributed by atoms with Crippen molar-refractivity contribution in [3.63, 3.8) is 0 Å². The lowest BCUT2D eigenvalue weighted by Crippen LogP contribution is -2.37. The molecule has 0 aliphatic rings. The number of esters is 1. The van der Waals surface area contributed by atoms with Crippen LogP contribution in [0, 0.1) is 0 Å². The van der Waals surface area contributed by atoms with Gasteiger partial charge in [0.25, 0.3) is 0 Å². The van der Waals surface area contributed by atoms with E-state index in [4.69, 9.17) is 18.5 Å². The first-order chi connectivity index (χ1) is 25.1. The van der Waals surface area contributed by atoms with Gasteiger partial charge in [-0.2, -0.15) is 0 Å². The molecule has 0 radical (unpaired) electrons. The summed E-state index contributed by atoms with van der Waals surface area (Å²) in [5.74, 6) is -0.335. The van der Waals surface area contributed by atoms with Crippen molar-refractivity contribution < 1.29 is 37.3 Å². The molecule has 8 nitrogen and oxygen atoms in total. The zero-order chi connectivity index (χ0) is 38.4. The van der Waals surface area contributed by atoms with Gasteiger partial charge in [-0.3, -0.25) is 13.8 Å². The molecule has 0 aromatic carbocycles. The largest absolute Gasteiger partial charge is 0.472 e. The number of hydrogen-bond acceptors (Lipinski definition) is 6. The monoisotopic (exact) mass is 753 g/mol. The number of phosphoric ester groups is 1. The van der Waals surface area contributed by atoms with Gasteiger partial charge in [0.2, 0.25) is 0 Å². The second-order valence-electron chi connectivity index (χ2n) is 14.6. The van der Waals surface area contributed by atoms with E-state index < -0.39 is 13.9 Å². The molecule has 52 heavy (non-hydrogen) atoms. The van der Waals surface area contributed by atoms with Crippen LogP contribution in [0.5, 0.6) is 0 Å². The lowest BCUT2D eigenvalue weighted by molar-refractivity contribution is -0.870. The quantitative estimate of drug-likeness (QED) is 0.0222. The number of carbonyl (C=O) groups excluding carboxylic acids is 1. The molecule has 0 spiro atoms. The van der Waals surface area contributed by atoms with Gasteiger partial charge in [0.1, 0.15) is 19.3 Å². The van der Waals surface area contributed by atoms with Gasteiger partial charge in [0.15, 0.2) is 0 Å². The van der Waals surface area contributed by atoms with Gasteiger partial charge in [0, 0.05) is 13.0 Å². The van der Waals surface area contributed by atoms with Crippen LogP contribution in [0.2, 0.25) is 0 Å². The Labute approximate surface area is 320 Å². The van der Waals surface area contributed by atoms with E-state index in [0.29, 0.717) is 24.1 Å². The van der Waals surface area contributed by atoms with Crippen molar-refractivity contribution in [2.45, 2.75) is 155 Å². The van der Waals surface area contributed by atoms with Gasteiger partial charge in [-0.15, -0.1) is 0 Å². The molecule has 2 atom stereocenters. The summed E-state index contributed by atoms with van der Waals surface area (Å²) < 4.78 is 34.8. The number of unbranched alkanes of at least 4 members (excludes halogenated alkanes) is 13. The van der Waals surface area contributed by atoms with Crippen molar-refractivity contribution in [3.8, 4) is 0 Å². The van der Waals surface area contributed by atoms with E-state index in [-0.39, 0.29) is 25.8 Å². The van der Waals surface area contributed by atoms with Crippen LogP contribution < -0.4 is 0 Å². The fourth-order valence-corrected chi connectivity index (χ4v) is 5.91. The summed E-state index contributed by atoms with van der Waals surface area (Å²) in [6.07, 6.45) is 43.9. The SMILES string of the molecule is CC/C=C\C/C=C\C/C=C\C/C=C\C/C=C\CCCCCCCC(=O)OC(COCCCCCCCCCCC)COP(=O)(O)OCC[N+](C)(C)C. The lowest BCUT2D eigenvalue weighted by atomic mass is 10.1. The van der Waals surface area contributed by atoms with Gasteiger partial charge in [0.05, 0.1) is 34.4 Å². The second kappa shape index (κ2) is 36.2. The van der Waals surface area contributed by atoms with Crippen LogP contribution in [0.4, 0.5) is 0 Å². The second-order valence-corrected chi connectivity index (χ2v) is 16.1. The highest BCUT2D eigenvalue weighted by Gasteiger charge is 2.26. The van der Waals surface area contributed by atoms with Crippen LogP contribution in [-0.2, 0) is 27.9 Å². The third kappa shape index (κ3) is 39.4. The predicted molar refractivity (Wildman–Crippen MR) is 219 cm³/mol. The van der Waals surface area contributed by atoms with E-state index in [1.807, 2.05) is 21.1 Å². The maximum atomic E-state index is 12.6. The van der Waals surface area contributed by atoms with Crippen molar-refractivity contribution in [2.24, 2.45) is 0 Å². The molecule has 0 aromatic rings. The van der Waals surface area contributed by atoms with E-state index in [1.54, 1.807) is 0 Å². The van der Waals surface area contributed by atoms with Crippen LogP contribution in [0.15, 0.2) is 60.8 Å². The number of hydrogen-bond donors (Lipinski definition) is 1.